The van der Waals surface area contributed by atoms with E-state index in [9.17, 15) is 9.90 Å². The van der Waals surface area contributed by atoms with Crippen LogP contribution in [0.5, 0.6) is 11.5 Å². The van der Waals surface area contributed by atoms with Gasteiger partial charge in [0.05, 0.1) is 35.9 Å². The lowest BCUT2D eigenvalue weighted by Crippen LogP contribution is -2.46. The number of benzene rings is 2. The zero-order chi connectivity index (χ0) is 31.6. The summed E-state index contributed by atoms with van der Waals surface area (Å²) in [6.07, 6.45) is 2.83. The van der Waals surface area contributed by atoms with Crippen LogP contribution >= 0.6 is 11.3 Å². The molecule has 1 saturated heterocycles. The Bertz CT molecular complexity index is 1670. The third kappa shape index (κ3) is 6.05. The number of hydrogen-bond donors (Lipinski definition) is 3. The summed E-state index contributed by atoms with van der Waals surface area (Å²) in [5, 5.41) is 18.3. The van der Waals surface area contributed by atoms with Crippen molar-refractivity contribution in [1.82, 2.24) is 9.88 Å². The third-order valence-corrected chi connectivity index (χ3v) is 9.13. The molecule has 232 valence electrons. The molecule has 3 heterocycles. The van der Waals surface area contributed by atoms with E-state index in [4.69, 9.17) is 9.47 Å². The Hall–Kier alpha value is -4.26. The molecule has 0 bridgehead atoms. The lowest BCUT2D eigenvalue weighted by atomic mass is 9.92. The summed E-state index contributed by atoms with van der Waals surface area (Å²) in [5.74, 6) is -2.40. The number of likely N-dealkylation sites (N-methyl/N-ethyl adjacent to an activating group) is 1. The lowest BCUT2D eigenvalue weighted by Gasteiger charge is -2.35. The van der Waals surface area contributed by atoms with Crippen LogP contribution in [0.3, 0.4) is 0 Å². The molecule has 1 atom stereocenters. The molecule has 1 unspecified atom stereocenters. The standard InChI is InChI=1S/C32H35F2N5O4S/c1-6-28(40)37-22-16-20(39-12-10-38(7-2)11-13-39)8-9-21(22)36-27-15-19-14-26(44-25(19)18-35-27)32(3,41)29-30(33)23(42-4)17-24(43-5)31(29)34/h6,8-9,14-18,41H,1,7,10-13H2,2-5H3,(H,35,36)(H,37,40). The Labute approximate surface area is 258 Å². The maximum atomic E-state index is 15.3. The average molecular weight is 624 g/mol. The van der Waals surface area contributed by atoms with E-state index in [-0.39, 0.29) is 17.4 Å². The summed E-state index contributed by atoms with van der Waals surface area (Å²) in [4.78, 5) is 21.8. The number of amides is 1. The molecule has 0 radical (unpaired) electrons. The maximum Gasteiger partial charge on any atom is 0.247 e. The van der Waals surface area contributed by atoms with Gasteiger partial charge in [-0.1, -0.05) is 13.5 Å². The van der Waals surface area contributed by atoms with Crippen LogP contribution in [0.1, 0.15) is 24.3 Å². The van der Waals surface area contributed by atoms with Crippen molar-refractivity contribution < 1.29 is 28.2 Å². The van der Waals surface area contributed by atoms with Gasteiger partial charge in [0, 0.05) is 49.0 Å². The fraction of sp³-hybridized carbons (Fsp3) is 0.312. The van der Waals surface area contributed by atoms with E-state index in [2.05, 4.69) is 38.9 Å². The highest BCUT2D eigenvalue weighted by Crippen LogP contribution is 2.44. The predicted octanol–water partition coefficient (Wildman–Crippen LogP) is 5.86. The molecule has 12 heteroatoms. The minimum absolute atomic E-state index is 0.249. The van der Waals surface area contributed by atoms with Crippen molar-refractivity contribution >= 4 is 50.2 Å². The van der Waals surface area contributed by atoms with Gasteiger partial charge < -0.3 is 35.0 Å². The SMILES string of the molecule is C=CC(=O)Nc1cc(N2CCN(CC)CC2)ccc1Nc1cc2cc(C(C)(O)c3c(F)c(OC)cc(OC)c3F)sc2cn1. The van der Waals surface area contributed by atoms with Gasteiger partial charge in [0.2, 0.25) is 5.91 Å². The monoisotopic (exact) mass is 623 g/mol. The van der Waals surface area contributed by atoms with Gasteiger partial charge in [-0.3, -0.25) is 4.79 Å². The first-order valence-corrected chi connectivity index (χ1v) is 15.0. The number of thiophene rings is 1. The molecule has 1 fully saturated rings. The molecule has 0 saturated carbocycles. The number of aliphatic hydroxyl groups is 1. The number of fused-ring (bicyclic) bond motifs is 1. The lowest BCUT2D eigenvalue weighted by molar-refractivity contribution is -0.111. The van der Waals surface area contributed by atoms with Crippen LogP contribution in [-0.2, 0) is 10.4 Å². The van der Waals surface area contributed by atoms with Gasteiger partial charge in [0.1, 0.15) is 11.4 Å². The van der Waals surface area contributed by atoms with Gasteiger partial charge in [0.15, 0.2) is 23.1 Å². The van der Waals surface area contributed by atoms with E-state index in [1.807, 2.05) is 18.2 Å². The summed E-state index contributed by atoms with van der Waals surface area (Å²) in [7, 11) is 2.51. The number of carbonyl (C=O) groups is 1. The largest absolute Gasteiger partial charge is 0.494 e. The zero-order valence-electron chi connectivity index (χ0n) is 25.0. The number of pyridine rings is 1. The Morgan fingerprint density at radius 2 is 1.77 bits per heavy atom. The van der Waals surface area contributed by atoms with E-state index in [1.54, 1.807) is 18.3 Å². The van der Waals surface area contributed by atoms with Gasteiger partial charge in [0.25, 0.3) is 0 Å². The van der Waals surface area contributed by atoms with Crippen LogP contribution in [0, 0.1) is 11.6 Å². The van der Waals surface area contributed by atoms with Crippen LogP contribution in [-0.4, -0.2) is 67.8 Å². The molecule has 2 aromatic heterocycles. The van der Waals surface area contributed by atoms with Crippen molar-refractivity contribution in [2.75, 3.05) is 62.5 Å². The molecular formula is C32H35F2N5O4S. The van der Waals surface area contributed by atoms with Crippen molar-refractivity contribution in [2.24, 2.45) is 0 Å². The molecule has 1 amide bonds. The molecule has 5 rings (SSSR count). The number of methoxy groups -OCH3 is 2. The van der Waals surface area contributed by atoms with Crippen molar-refractivity contribution in [3.05, 3.63) is 77.3 Å². The molecule has 0 spiro atoms. The van der Waals surface area contributed by atoms with Crippen molar-refractivity contribution in [3.8, 4) is 11.5 Å². The van der Waals surface area contributed by atoms with Gasteiger partial charge in [-0.15, -0.1) is 11.3 Å². The van der Waals surface area contributed by atoms with Crippen LogP contribution in [0.15, 0.2) is 55.3 Å². The first-order valence-electron chi connectivity index (χ1n) is 14.1. The molecule has 44 heavy (non-hydrogen) atoms. The Balaban J connectivity index is 1.46. The number of rotatable bonds is 10. The minimum Gasteiger partial charge on any atom is -0.494 e. The first-order chi connectivity index (χ1) is 21.1. The number of anilines is 4. The summed E-state index contributed by atoms with van der Waals surface area (Å²) < 4.78 is 41.4. The van der Waals surface area contributed by atoms with E-state index in [0.717, 1.165) is 55.8 Å². The summed E-state index contributed by atoms with van der Waals surface area (Å²) in [5.41, 5.74) is -0.441. The summed E-state index contributed by atoms with van der Waals surface area (Å²) >= 11 is 1.16. The maximum absolute atomic E-state index is 15.3. The average Bonchev–Trinajstić information content (AvgIpc) is 3.46. The minimum atomic E-state index is -2.05. The second-order valence-electron chi connectivity index (χ2n) is 10.5. The zero-order valence-corrected chi connectivity index (χ0v) is 25.9. The Morgan fingerprint density at radius 1 is 1.09 bits per heavy atom. The van der Waals surface area contributed by atoms with Crippen molar-refractivity contribution in [2.45, 2.75) is 19.4 Å². The topological polar surface area (TPSA) is 99.2 Å². The van der Waals surface area contributed by atoms with Gasteiger partial charge in [-0.25, -0.2) is 13.8 Å². The van der Waals surface area contributed by atoms with Gasteiger partial charge in [-0.2, -0.15) is 0 Å². The molecular weight excluding hydrogens is 588 g/mol. The van der Waals surface area contributed by atoms with E-state index >= 15 is 8.78 Å². The fourth-order valence-corrected chi connectivity index (χ4v) is 6.34. The molecule has 3 N–H and O–H groups in total. The number of ether oxygens (including phenoxy) is 2. The number of nitrogens with zero attached hydrogens (tertiary/aromatic N) is 3. The smallest absolute Gasteiger partial charge is 0.247 e. The number of halogens is 2. The van der Waals surface area contributed by atoms with Crippen LogP contribution in [0.2, 0.25) is 0 Å². The Kier molecular flexibility index (Phi) is 9.05. The summed E-state index contributed by atoms with van der Waals surface area (Å²) in [6.45, 7) is 11.8. The fourth-order valence-electron chi connectivity index (χ4n) is 5.28. The molecule has 1 aliphatic heterocycles. The van der Waals surface area contributed by atoms with Crippen molar-refractivity contribution in [3.63, 3.8) is 0 Å². The van der Waals surface area contributed by atoms with E-state index in [0.29, 0.717) is 32.2 Å². The second-order valence-corrected chi connectivity index (χ2v) is 11.6. The molecule has 4 aromatic rings. The normalized spacial score (nSPS) is 15.1. The number of hydrogen-bond acceptors (Lipinski definition) is 9. The van der Waals surface area contributed by atoms with Crippen molar-refractivity contribution in [1.29, 1.82) is 0 Å². The Morgan fingerprint density at radius 3 is 2.39 bits per heavy atom. The number of aromatic nitrogens is 1. The molecule has 1 aliphatic rings. The molecule has 9 nitrogen and oxygen atoms in total. The molecule has 2 aromatic carbocycles. The highest BCUT2D eigenvalue weighted by molar-refractivity contribution is 7.19. The summed E-state index contributed by atoms with van der Waals surface area (Å²) in [6, 6.07) is 10.3. The number of piperazine rings is 1. The van der Waals surface area contributed by atoms with Gasteiger partial charge in [-0.05, 0) is 55.3 Å². The molecule has 0 aliphatic carbocycles. The van der Waals surface area contributed by atoms with Crippen LogP contribution < -0.4 is 25.0 Å². The highest BCUT2D eigenvalue weighted by atomic mass is 32.1. The number of nitrogens with one attached hydrogen (secondary N) is 2. The van der Waals surface area contributed by atoms with Crippen LogP contribution in [0.25, 0.3) is 10.1 Å². The van der Waals surface area contributed by atoms with E-state index in [1.165, 1.54) is 27.2 Å². The predicted molar refractivity (Wildman–Crippen MR) is 171 cm³/mol. The van der Waals surface area contributed by atoms with Crippen LogP contribution in [0.4, 0.5) is 31.7 Å². The van der Waals surface area contributed by atoms with E-state index < -0.39 is 22.8 Å². The highest BCUT2D eigenvalue weighted by Gasteiger charge is 2.37. The van der Waals surface area contributed by atoms with Gasteiger partial charge >= 0.3 is 0 Å². The third-order valence-electron chi connectivity index (χ3n) is 7.84. The number of carbonyl (C=O) groups excluding carboxylic acids is 1. The quantitative estimate of drug-likeness (QED) is 0.189. The second kappa shape index (κ2) is 12.8. The first kappa shape index (κ1) is 31.2.